The summed E-state index contributed by atoms with van der Waals surface area (Å²) >= 11 is 0. The van der Waals surface area contributed by atoms with Gasteiger partial charge in [0.25, 0.3) is 5.91 Å². The third-order valence-electron chi connectivity index (χ3n) is 6.17. The number of piperidine rings is 1. The van der Waals surface area contributed by atoms with Crippen molar-refractivity contribution in [3.63, 3.8) is 0 Å². The molecule has 0 saturated carbocycles. The van der Waals surface area contributed by atoms with E-state index in [9.17, 15) is 9.59 Å². The number of ether oxygens (including phenoxy) is 2. The summed E-state index contributed by atoms with van der Waals surface area (Å²) in [6.07, 6.45) is 7.21. The Labute approximate surface area is 190 Å². The second-order valence-corrected chi connectivity index (χ2v) is 8.65. The van der Waals surface area contributed by atoms with E-state index in [0.717, 1.165) is 48.6 Å². The minimum atomic E-state index is -0.327. The van der Waals surface area contributed by atoms with Gasteiger partial charge in [-0.05, 0) is 69.9 Å². The minimum absolute atomic E-state index is 0.00330. The Kier molecular flexibility index (Phi) is 7.63. The average molecular weight is 443 g/mol. The molecular weight excluding hydrogens is 408 g/mol. The fourth-order valence-electron chi connectivity index (χ4n) is 4.43. The number of likely N-dealkylation sites (tertiary alicyclic amines) is 1. The van der Waals surface area contributed by atoms with E-state index in [4.69, 9.17) is 9.47 Å². The van der Waals surface area contributed by atoms with E-state index in [-0.39, 0.29) is 18.5 Å². The highest BCUT2D eigenvalue weighted by atomic mass is 16.5. The first-order valence-corrected chi connectivity index (χ1v) is 12.0. The number of fused-ring (bicyclic) bond motifs is 1. The molecule has 1 aromatic rings. The lowest BCUT2D eigenvalue weighted by atomic mass is 10.0. The number of hydrogen-bond acceptors (Lipinski definition) is 6. The van der Waals surface area contributed by atoms with Crippen LogP contribution in [0, 0.1) is 0 Å². The molecule has 32 heavy (non-hydrogen) atoms. The standard InChI is InChI=1S/C24H34N4O4/c1-2-15-31-19-8-9-22-20(17-19)21(10-16-32-22)25-28-18-23(29)27(24(28)30)14-7-6-13-26-11-4-3-5-12-26/h8-9,17H,2-7,10-16,18H2,1H3/b25-21+. The number of hydrogen-bond donors (Lipinski definition) is 0. The molecule has 174 valence electrons. The lowest BCUT2D eigenvalue weighted by molar-refractivity contribution is -0.125. The van der Waals surface area contributed by atoms with Gasteiger partial charge in [0, 0.05) is 18.5 Å². The van der Waals surface area contributed by atoms with Gasteiger partial charge in [-0.25, -0.2) is 9.80 Å². The van der Waals surface area contributed by atoms with Gasteiger partial charge in [0.05, 0.1) is 18.9 Å². The molecule has 3 heterocycles. The third kappa shape index (κ3) is 5.41. The SMILES string of the molecule is CCCOc1ccc2c(c1)/C(=N/N1CC(=O)N(CCCCN3CCCCC3)C1=O)CCO2. The molecule has 4 rings (SSSR count). The molecule has 1 aromatic carbocycles. The van der Waals surface area contributed by atoms with Gasteiger partial charge in [-0.2, -0.15) is 5.10 Å². The molecule has 8 heteroatoms. The largest absolute Gasteiger partial charge is 0.494 e. The van der Waals surface area contributed by atoms with Crippen molar-refractivity contribution >= 4 is 17.6 Å². The molecule has 0 aliphatic carbocycles. The molecule has 8 nitrogen and oxygen atoms in total. The maximum atomic E-state index is 12.9. The number of hydrazone groups is 1. The first kappa shape index (κ1) is 22.6. The summed E-state index contributed by atoms with van der Waals surface area (Å²) in [7, 11) is 0. The van der Waals surface area contributed by atoms with Crippen LogP contribution >= 0.6 is 0 Å². The molecule has 0 atom stereocenters. The summed E-state index contributed by atoms with van der Waals surface area (Å²) in [5.41, 5.74) is 1.58. The fourth-order valence-corrected chi connectivity index (χ4v) is 4.43. The van der Waals surface area contributed by atoms with Crippen molar-refractivity contribution in [1.82, 2.24) is 14.8 Å². The van der Waals surface area contributed by atoms with Crippen molar-refractivity contribution < 1.29 is 19.1 Å². The molecule has 2 fully saturated rings. The van der Waals surface area contributed by atoms with Crippen LogP contribution in [-0.2, 0) is 4.79 Å². The van der Waals surface area contributed by atoms with Crippen LogP contribution in [0.4, 0.5) is 4.79 Å². The molecule has 3 aliphatic rings. The fraction of sp³-hybridized carbons (Fsp3) is 0.625. The Bertz CT molecular complexity index is 850. The Morgan fingerprint density at radius 1 is 1.09 bits per heavy atom. The Hall–Kier alpha value is -2.61. The van der Waals surface area contributed by atoms with Crippen LogP contribution in [0.2, 0.25) is 0 Å². The van der Waals surface area contributed by atoms with E-state index < -0.39 is 0 Å². The van der Waals surface area contributed by atoms with Crippen molar-refractivity contribution in [2.45, 2.75) is 51.9 Å². The Morgan fingerprint density at radius 2 is 1.91 bits per heavy atom. The molecule has 0 bridgehead atoms. The summed E-state index contributed by atoms with van der Waals surface area (Å²) in [6, 6.07) is 5.34. The highest BCUT2D eigenvalue weighted by Gasteiger charge is 2.36. The van der Waals surface area contributed by atoms with Crippen molar-refractivity contribution in [1.29, 1.82) is 0 Å². The second kappa shape index (κ2) is 10.8. The maximum absolute atomic E-state index is 12.9. The molecule has 3 amide bonds. The topological polar surface area (TPSA) is 74.7 Å². The van der Waals surface area contributed by atoms with Gasteiger partial charge < -0.3 is 14.4 Å². The molecule has 0 N–H and O–H groups in total. The number of carbonyl (C=O) groups is 2. The highest BCUT2D eigenvalue weighted by Crippen LogP contribution is 2.30. The molecule has 0 radical (unpaired) electrons. The van der Waals surface area contributed by atoms with Crippen LogP contribution in [0.25, 0.3) is 0 Å². The van der Waals surface area contributed by atoms with Gasteiger partial charge in [0.2, 0.25) is 0 Å². The quantitative estimate of drug-likeness (QED) is 0.432. The predicted molar refractivity (Wildman–Crippen MR) is 122 cm³/mol. The first-order chi connectivity index (χ1) is 15.7. The van der Waals surface area contributed by atoms with E-state index >= 15 is 0 Å². The Morgan fingerprint density at radius 3 is 2.72 bits per heavy atom. The van der Waals surface area contributed by atoms with E-state index in [2.05, 4.69) is 16.9 Å². The zero-order valence-electron chi connectivity index (χ0n) is 19.1. The number of imide groups is 1. The number of urea groups is 1. The van der Waals surface area contributed by atoms with Crippen LogP contribution < -0.4 is 9.47 Å². The molecule has 3 aliphatic heterocycles. The number of rotatable bonds is 9. The molecular formula is C24H34N4O4. The van der Waals surface area contributed by atoms with Crippen LogP contribution in [0.5, 0.6) is 11.5 Å². The van der Waals surface area contributed by atoms with Crippen LogP contribution in [0.15, 0.2) is 23.3 Å². The lowest BCUT2D eigenvalue weighted by Gasteiger charge is -2.26. The second-order valence-electron chi connectivity index (χ2n) is 8.65. The van der Waals surface area contributed by atoms with Gasteiger partial charge in [-0.3, -0.25) is 9.69 Å². The van der Waals surface area contributed by atoms with Gasteiger partial charge in [-0.1, -0.05) is 13.3 Å². The van der Waals surface area contributed by atoms with Crippen molar-refractivity contribution in [2.75, 3.05) is 45.9 Å². The maximum Gasteiger partial charge on any atom is 0.347 e. The van der Waals surface area contributed by atoms with Crippen molar-refractivity contribution in [3.05, 3.63) is 23.8 Å². The molecule has 0 spiro atoms. The van der Waals surface area contributed by atoms with Gasteiger partial charge in [0.1, 0.15) is 18.0 Å². The summed E-state index contributed by atoms with van der Waals surface area (Å²) in [5.74, 6) is 1.30. The zero-order chi connectivity index (χ0) is 22.3. The van der Waals surface area contributed by atoms with Crippen LogP contribution in [0.1, 0.15) is 57.4 Å². The first-order valence-electron chi connectivity index (χ1n) is 12.0. The number of amides is 3. The summed E-state index contributed by atoms with van der Waals surface area (Å²) in [5, 5.41) is 5.88. The molecule has 2 saturated heterocycles. The monoisotopic (exact) mass is 442 g/mol. The van der Waals surface area contributed by atoms with Gasteiger partial charge >= 0.3 is 6.03 Å². The van der Waals surface area contributed by atoms with E-state index in [0.29, 0.717) is 26.2 Å². The Balaban J connectivity index is 1.36. The summed E-state index contributed by atoms with van der Waals surface area (Å²) in [4.78, 5) is 29.2. The zero-order valence-corrected chi connectivity index (χ0v) is 19.1. The van der Waals surface area contributed by atoms with E-state index in [1.165, 1.54) is 42.3 Å². The normalized spacial score (nSPS) is 20.6. The number of benzene rings is 1. The van der Waals surface area contributed by atoms with Crippen LogP contribution in [-0.4, -0.2) is 78.4 Å². The highest BCUT2D eigenvalue weighted by molar-refractivity contribution is 6.06. The minimum Gasteiger partial charge on any atom is -0.494 e. The van der Waals surface area contributed by atoms with Gasteiger partial charge in [0.15, 0.2) is 0 Å². The van der Waals surface area contributed by atoms with Crippen LogP contribution in [0.3, 0.4) is 0 Å². The van der Waals surface area contributed by atoms with Gasteiger partial charge in [-0.15, -0.1) is 0 Å². The number of carbonyl (C=O) groups excluding carboxylic acids is 2. The molecule has 0 unspecified atom stereocenters. The van der Waals surface area contributed by atoms with E-state index in [1.54, 1.807) is 0 Å². The molecule has 0 aromatic heterocycles. The number of nitrogens with zero attached hydrogens (tertiary/aromatic N) is 4. The van der Waals surface area contributed by atoms with Crippen molar-refractivity contribution in [3.8, 4) is 11.5 Å². The predicted octanol–water partition coefficient (Wildman–Crippen LogP) is 3.49. The smallest absolute Gasteiger partial charge is 0.347 e. The van der Waals surface area contributed by atoms with Crippen molar-refractivity contribution in [2.24, 2.45) is 5.10 Å². The third-order valence-corrected chi connectivity index (χ3v) is 6.17. The summed E-state index contributed by atoms with van der Waals surface area (Å²) < 4.78 is 11.5. The lowest BCUT2D eigenvalue weighted by Crippen LogP contribution is -2.34. The average Bonchev–Trinajstić information content (AvgIpc) is 3.08. The van der Waals surface area contributed by atoms with E-state index in [1.807, 2.05) is 18.2 Å². The number of unbranched alkanes of at least 4 members (excludes halogenated alkanes) is 1. The summed E-state index contributed by atoms with van der Waals surface area (Å²) in [6.45, 7) is 7.03.